The molecule has 0 bridgehead atoms. The van der Waals surface area contributed by atoms with E-state index in [2.05, 4.69) is 5.32 Å². The SMILES string of the molecule is CCC1COCCN1S(=O)(=O)C1CCNCC1. The summed E-state index contributed by atoms with van der Waals surface area (Å²) in [5.41, 5.74) is 0. The van der Waals surface area contributed by atoms with Crippen molar-refractivity contribution in [3.8, 4) is 0 Å². The van der Waals surface area contributed by atoms with Crippen LogP contribution in [0.3, 0.4) is 0 Å². The molecule has 2 aliphatic heterocycles. The molecule has 2 fully saturated rings. The predicted molar refractivity (Wildman–Crippen MR) is 66.4 cm³/mol. The quantitative estimate of drug-likeness (QED) is 0.788. The Kier molecular flexibility index (Phi) is 4.41. The molecule has 1 N–H and O–H groups in total. The smallest absolute Gasteiger partial charge is 0.217 e. The molecule has 0 amide bonds. The number of rotatable bonds is 3. The summed E-state index contributed by atoms with van der Waals surface area (Å²) in [6.45, 7) is 5.23. The van der Waals surface area contributed by atoms with E-state index >= 15 is 0 Å². The number of piperidine rings is 1. The molecule has 0 aromatic rings. The third-order valence-corrected chi connectivity index (χ3v) is 6.13. The Hall–Kier alpha value is -0.170. The van der Waals surface area contributed by atoms with Gasteiger partial charge in [0.15, 0.2) is 0 Å². The van der Waals surface area contributed by atoms with Crippen LogP contribution in [0, 0.1) is 0 Å². The maximum atomic E-state index is 12.6. The summed E-state index contributed by atoms with van der Waals surface area (Å²) in [6, 6.07) is 0.0311. The van der Waals surface area contributed by atoms with Gasteiger partial charge in [-0.3, -0.25) is 0 Å². The molecule has 0 aromatic carbocycles. The van der Waals surface area contributed by atoms with Crippen molar-refractivity contribution in [2.45, 2.75) is 37.5 Å². The molecule has 0 spiro atoms. The summed E-state index contributed by atoms with van der Waals surface area (Å²) in [7, 11) is -3.13. The molecule has 0 aliphatic carbocycles. The van der Waals surface area contributed by atoms with Gasteiger partial charge in [-0.25, -0.2) is 8.42 Å². The van der Waals surface area contributed by atoms with Crippen molar-refractivity contribution in [1.82, 2.24) is 9.62 Å². The van der Waals surface area contributed by atoms with E-state index < -0.39 is 10.0 Å². The van der Waals surface area contributed by atoms with E-state index in [1.807, 2.05) is 6.92 Å². The molecule has 100 valence electrons. The lowest BCUT2D eigenvalue weighted by molar-refractivity contribution is 0.0308. The average Bonchev–Trinajstić information content (AvgIpc) is 2.39. The Morgan fingerprint density at radius 1 is 1.35 bits per heavy atom. The van der Waals surface area contributed by atoms with Crippen LogP contribution in [-0.4, -0.2) is 56.9 Å². The lowest BCUT2D eigenvalue weighted by Gasteiger charge is -2.37. The largest absolute Gasteiger partial charge is 0.378 e. The Morgan fingerprint density at radius 3 is 2.71 bits per heavy atom. The van der Waals surface area contributed by atoms with E-state index in [0.717, 1.165) is 32.4 Å². The number of nitrogens with one attached hydrogen (secondary N) is 1. The summed E-state index contributed by atoms with van der Waals surface area (Å²) < 4.78 is 32.2. The Labute approximate surface area is 104 Å². The summed E-state index contributed by atoms with van der Waals surface area (Å²) >= 11 is 0. The Balaban J connectivity index is 2.11. The lowest BCUT2D eigenvalue weighted by atomic mass is 10.2. The van der Waals surface area contributed by atoms with Gasteiger partial charge in [0.25, 0.3) is 0 Å². The molecule has 2 heterocycles. The second-order valence-corrected chi connectivity index (χ2v) is 6.91. The first-order chi connectivity index (χ1) is 8.16. The van der Waals surface area contributed by atoms with Gasteiger partial charge in [-0.1, -0.05) is 6.92 Å². The van der Waals surface area contributed by atoms with Gasteiger partial charge >= 0.3 is 0 Å². The minimum Gasteiger partial charge on any atom is -0.378 e. The van der Waals surface area contributed by atoms with E-state index in [9.17, 15) is 8.42 Å². The van der Waals surface area contributed by atoms with E-state index in [-0.39, 0.29) is 11.3 Å². The fourth-order valence-corrected chi connectivity index (χ4v) is 4.75. The lowest BCUT2D eigenvalue weighted by Crippen LogP contribution is -2.52. The highest BCUT2D eigenvalue weighted by Crippen LogP contribution is 2.23. The third kappa shape index (κ3) is 2.81. The second kappa shape index (κ2) is 5.65. The van der Waals surface area contributed by atoms with Crippen LogP contribution in [0.25, 0.3) is 0 Å². The number of ether oxygens (including phenoxy) is 1. The average molecular weight is 262 g/mol. The number of hydrogen-bond donors (Lipinski definition) is 1. The zero-order valence-electron chi connectivity index (χ0n) is 10.4. The zero-order chi connectivity index (χ0) is 12.3. The van der Waals surface area contributed by atoms with Crippen LogP contribution in [0.15, 0.2) is 0 Å². The van der Waals surface area contributed by atoms with Crippen molar-refractivity contribution >= 4 is 10.0 Å². The molecule has 0 saturated carbocycles. The number of hydrogen-bond acceptors (Lipinski definition) is 4. The fourth-order valence-electron chi connectivity index (χ4n) is 2.58. The molecule has 5 nitrogen and oxygen atoms in total. The maximum absolute atomic E-state index is 12.6. The van der Waals surface area contributed by atoms with Crippen LogP contribution in [0.5, 0.6) is 0 Å². The first-order valence-electron chi connectivity index (χ1n) is 6.45. The van der Waals surface area contributed by atoms with Crippen molar-refractivity contribution < 1.29 is 13.2 Å². The maximum Gasteiger partial charge on any atom is 0.217 e. The molecule has 2 aliphatic rings. The van der Waals surface area contributed by atoms with Crippen molar-refractivity contribution in [3.63, 3.8) is 0 Å². The van der Waals surface area contributed by atoms with Crippen LogP contribution in [-0.2, 0) is 14.8 Å². The van der Waals surface area contributed by atoms with Crippen molar-refractivity contribution in [1.29, 1.82) is 0 Å². The monoisotopic (exact) mass is 262 g/mol. The molecular weight excluding hydrogens is 240 g/mol. The molecule has 0 radical (unpaired) electrons. The van der Waals surface area contributed by atoms with Crippen LogP contribution in [0.4, 0.5) is 0 Å². The molecule has 1 unspecified atom stereocenters. The van der Waals surface area contributed by atoms with E-state index in [1.165, 1.54) is 0 Å². The summed E-state index contributed by atoms with van der Waals surface area (Å²) in [6.07, 6.45) is 2.29. The van der Waals surface area contributed by atoms with Crippen LogP contribution in [0.2, 0.25) is 0 Å². The highest BCUT2D eigenvalue weighted by Gasteiger charge is 2.37. The Bertz CT molecular complexity index is 339. The molecule has 17 heavy (non-hydrogen) atoms. The van der Waals surface area contributed by atoms with Crippen molar-refractivity contribution in [2.75, 3.05) is 32.8 Å². The Morgan fingerprint density at radius 2 is 2.06 bits per heavy atom. The molecule has 1 atom stereocenters. The normalized spacial score (nSPS) is 29.4. The van der Waals surface area contributed by atoms with Crippen LogP contribution in [0.1, 0.15) is 26.2 Å². The topological polar surface area (TPSA) is 58.6 Å². The highest BCUT2D eigenvalue weighted by atomic mass is 32.2. The number of morpholine rings is 1. The molecule has 6 heteroatoms. The first-order valence-corrected chi connectivity index (χ1v) is 7.95. The van der Waals surface area contributed by atoms with Crippen LogP contribution < -0.4 is 5.32 Å². The third-order valence-electron chi connectivity index (χ3n) is 3.68. The van der Waals surface area contributed by atoms with Gasteiger partial charge in [0, 0.05) is 12.6 Å². The van der Waals surface area contributed by atoms with Crippen molar-refractivity contribution in [2.24, 2.45) is 0 Å². The van der Waals surface area contributed by atoms with Gasteiger partial charge < -0.3 is 10.1 Å². The predicted octanol–water partition coefficient (Wildman–Crippen LogP) is 0.179. The van der Waals surface area contributed by atoms with Gasteiger partial charge in [-0.15, -0.1) is 0 Å². The van der Waals surface area contributed by atoms with Gasteiger partial charge in [0.05, 0.1) is 18.5 Å². The minimum atomic E-state index is -3.13. The second-order valence-electron chi connectivity index (χ2n) is 4.74. The summed E-state index contributed by atoms with van der Waals surface area (Å²) in [4.78, 5) is 0. The molecule has 2 saturated heterocycles. The van der Waals surface area contributed by atoms with Crippen LogP contribution >= 0.6 is 0 Å². The van der Waals surface area contributed by atoms with Gasteiger partial charge in [0.2, 0.25) is 10.0 Å². The summed E-state index contributed by atoms with van der Waals surface area (Å²) in [5, 5.41) is 3.01. The van der Waals surface area contributed by atoms with E-state index in [4.69, 9.17) is 4.74 Å². The van der Waals surface area contributed by atoms with Gasteiger partial charge in [-0.2, -0.15) is 4.31 Å². The number of nitrogens with zero attached hydrogens (tertiary/aromatic N) is 1. The molecule has 2 rings (SSSR count). The molecule has 0 aromatic heterocycles. The zero-order valence-corrected chi connectivity index (χ0v) is 11.2. The number of sulfonamides is 1. The van der Waals surface area contributed by atoms with E-state index in [1.54, 1.807) is 4.31 Å². The van der Waals surface area contributed by atoms with Gasteiger partial charge in [-0.05, 0) is 32.4 Å². The minimum absolute atomic E-state index is 0.0311. The molecular formula is C11H22N2O3S. The van der Waals surface area contributed by atoms with E-state index in [0.29, 0.717) is 19.8 Å². The fraction of sp³-hybridized carbons (Fsp3) is 1.00. The highest BCUT2D eigenvalue weighted by molar-refractivity contribution is 7.89. The van der Waals surface area contributed by atoms with Crippen molar-refractivity contribution in [3.05, 3.63) is 0 Å². The van der Waals surface area contributed by atoms with Gasteiger partial charge in [0.1, 0.15) is 0 Å². The summed E-state index contributed by atoms with van der Waals surface area (Å²) in [5.74, 6) is 0. The standard InChI is InChI=1S/C11H22N2O3S/c1-2-10-9-16-8-7-13(10)17(14,15)11-3-5-12-6-4-11/h10-12H,2-9H2,1H3. The first kappa shape index (κ1) is 13.3.